The molecule has 0 heteroatoms. The largest absolute Gasteiger partial charge is 0.0995 e. The summed E-state index contributed by atoms with van der Waals surface area (Å²) >= 11 is 0. The van der Waals surface area contributed by atoms with Crippen molar-refractivity contribution in [1.82, 2.24) is 0 Å². The summed E-state index contributed by atoms with van der Waals surface area (Å²) in [5.41, 5.74) is 11.8. The molecule has 0 amide bonds. The van der Waals surface area contributed by atoms with E-state index < -0.39 is 0 Å². The molecule has 1 aliphatic rings. The van der Waals surface area contributed by atoms with Crippen molar-refractivity contribution < 1.29 is 0 Å². The summed E-state index contributed by atoms with van der Waals surface area (Å²) in [5.74, 6) is 0.666. The molecule has 3 rings (SSSR count). The van der Waals surface area contributed by atoms with Crippen LogP contribution in [-0.4, -0.2) is 0 Å². The lowest BCUT2D eigenvalue weighted by molar-refractivity contribution is 0.459. The third-order valence-electron chi connectivity index (χ3n) is 7.10. The Labute approximate surface area is 190 Å². The molecule has 2 aromatic carbocycles. The number of allylic oxidation sites excluding steroid dienone is 5. The highest BCUT2D eigenvalue weighted by molar-refractivity contribution is 5.46. The molecule has 0 spiro atoms. The maximum absolute atomic E-state index is 4.45. The van der Waals surface area contributed by atoms with Gasteiger partial charge < -0.3 is 0 Å². The van der Waals surface area contributed by atoms with E-state index in [-0.39, 0.29) is 0 Å². The van der Waals surface area contributed by atoms with Gasteiger partial charge in [-0.1, -0.05) is 86.2 Å². The van der Waals surface area contributed by atoms with Crippen molar-refractivity contribution in [1.29, 1.82) is 0 Å². The van der Waals surface area contributed by atoms with Crippen LogP contribution in [0.2, 0.25) is 0 Å². The molecule has 0 fully saturated rings. The fraction of sp³-hybridized carbons (Fsp3) is 0.419. The lowest BCUT2D eigenvalue weighted by Crippen LogP contribution is -2.12. The van der Waals surface area contributed by atoms with Crippen molar-refractivity contribution in [2.45, 2.75) is 85.0 Å². The summed E-state index contributed by atoms with van der Waals surface area (Å²) in [6, 6.07) is 13.8. The first-order valence-electron chi connectivity index (χ1n) is 11.9. The van der Waals surface area contributed by atoms with Gasteiger partial charge in [0.25, 0.3) is 0 Å². The van der Waals surface area contributed by atoms with Crippen molar-refractivity contribution in [2.24, 2.45) is 0 Å². The molecule has 0 heterocycles. The average Bonchev–Trinajstić information content (AvgIpc) is 2.99. The Bertz CT molecular complexity index is 997. The van der Waals surface area contributed by atoms with Crippen LogP contribution in [0, 0.1) is 13.8 Å². The number of benzene rings is 2. The van der Waals surface area contributed by atoms with E-state index in [4.69, 9.17) is 0 Å². The highest BCUT2D eigenvalue weighted by Gasteiger charge is 2.37. The molecule has 0 radical (unpaired) electrons. The Morgan fingerprint density at radius 2 is 1.90 bits per heavy atom. The SMILES string of the molecule is C=C(CCC1CC(C)(C)c2cccc(C)c21)Cc1ccc(C/C=C\C(C)=C/C)cc1C. The van der Waals surface area contributed by atoms with Gasteiger partial charge in [0.05, 0.1) is 0 Å². The highest BCUT2D eigenvalue weighted by atomic mass is 14.4. The standard InChI is InChI=1S/C31H40/c1-8-22(2)11-9-13-26-16-18-27(25(5)20-26)19-23(3)15-17-28-21-31(6,7)29-14-10-12-24(4)30(28)29/h8-12,14,16,18,20,28H,3,13,15,17,19,21H2,1-2,4-7H3/b11-9-,22-8-. The summed E-state index contributed by atoms with van der Waals surface area (Å²) in [5, 5.41) is 0. The van der Waals surface area contributed by atoms with E-state index in [9.17, 15) is 0 Å². The van der Waals surface area contributed by atoms with Crippen LogP contribution in [0.15, 0.2) is 72.4 Å². The highest BCUT2D eigenvalue weighted by Crippen LogP contribution is 2.49. The first-order valence-corrected chi connectivity index (χ1v) is 11.9. The van der Waals surface area contributed by atoms with Gasteiger partial charge in [0.2, 0.25) is 0 Å². The van der Waals surface area contributed by atoms with Crippen molar-refractivity contribution >= 4 is 0 Å². The van der Waals surface area contributed by atoms with Gasteiger partial charge in [-0.3, -0.25) is 0 Å². The molecule has 31 heavy (non-hydrogen) atoms. The van der Waals surface area contributed by atoms with Crippen LogP contribution in [0.4, 0.5) is 0 Å². The molecule has 164 valence electrons. The number of rotatable bonds is 8. The van der Waals surface area contributed by atoms with Gasteiger partial charge >= 0.3 is 0 Å². The molecule has 0 aliphatic heterocycles. The minimum absolute atomic E-state index is 0.291. The Hall–Kier alpha value is -2.34. The Balaban J connectivity index is 1.59. The number of aryl methyl sites for hydroxylation is 2. The van der Waals surface area contributed by atoms with Gasteiger partial charge in [-0.2, -0.15) is 0 Å². The molecule has 0 saturated heterocycles. The van der Waals surface area contributed by atoms with E-state index in [1.807, 2.05) is 0 Å². The number of fused-ring (bicyclic) bond motifs is 1. The second kappa shape index (κ2) is 9.86. The summed E-state index contributed by atoms with van der Waals surface area (Å²) < 4.78 is 0. The van der Waals surface area contributed by atoms with E-state index in [1.54, 1.807) is 11.1 Å². The van der Waals surface area contributed by atoms with Crippen LogP contribution in [0.25, 0.3) is 0 Å². The van der Waals surface area contributed by atoms with E-state index in [1.165, 1.54) is 46.2 Å². The van der Waals surface area contributed by atoms with Crippen LogP contribution < -0.4 is 0 Å². The Morgan fingerprint density at radius 3 is 2.61 bits per heavy atom. The zero-order valence-electron chi connectivity index (χ0n) is 20.5. The van der Waals surface area contributed by atoms with Crippen LogP contribution in [0.5, 0.6) is 0 Å². The molecule has 2 aromatic rings. The van der Waals surface area contributed by atoms with Crippen LogP contribution >= 0.6 is 0 Å². The third-order valence-corrected chi connectivity index (χ3v) is 7.10. The number of hydrogen-bond donors (Lipinski definition) is 0. The predicted molar refractivity (Wildman–Crippen MR) is 137 cm³/mol. The van der Waals surface area contributed by atoms with Crippen molar-refractivity contribution in [3.63, 3.8) is 0 Å². The minimum Gasteiger partial charge on any atom is -0.0995 e. The van der Waals surface area contributed by atoms with Crippen molar-refractivity contribution in [3.8, 4) is 0 Å². The molecule has 0 N–H and O–H groups in total. The van der Waals surface area contributed by atoms with Gasteiger partial charge in [-0.15, -0.1) is 0 Å². The molecule has 0 saturated carbocycles. The van der Waals surface area contributed by atoms with Crippen LogP contribution in [0.3, 0.4) is 0 Å². The summed E-state index contributed by atoms with van der Waals surface area (Å²) in [6.45, 7) is 18.0. The minimum atomic E-state index is 0.291. The quantitative estimate of drug-likeness (QED) is 0.300. The van der Waals surface area contributed by atoms with Gasteiger partial charge in [0.1, 0.15) is 0 Å². The average molecular weight is 413 g/mol. The van der Waals surface area contributed by atoms with Gasteiger partial charge in [-0.05, 0) is 105 Å². The van der Waals surface area contributed by atoms with Gasteiger partial charge in [0, 0.05) is 0 Å². The molecule has 0 bridgehead atoms. The molecule has 1 unspecified atom stereocenters. The van der Waals surface area contributed by atoms with Crippen LogP contribution in [-0.2, 0) is 18.3 Å². The second-order valence-corrected chi connectivity index (χ2v) is 10.2. The maximum Gasteiger partial charge on any atom is -0.00672 e. The fourth-order valence-electron chi connectivity index (χ4n) is 5.18. The molecule has 1 aliphatic carbocycles. The normalized spacial score (nSPS) is 17.9. The maximum atomic E-state index is 4.45. The van der Waals surface area contributed by atoms with E-state index in [0.717, 1.165) is 19.3 Å². The Kier molecular flexibility index (Phi) is 7.42. The van der Waals surface area contributed by atoms with Gasteiger partial charge in [0.15, 0.2) is 0 Å². The zero-order valence-corrected chi connectivity index (χ0v) is 20.5. The predicted octanol–water partition coefficient (Wildman–Crippen LogP) is 8.71. The van der Waals surface area contributed by atoms with Crippen molar-refractivity contribution in [3.05, 3.63) is 106 Å². The third kappa shape index (κ3) is 5.67. The number of hydrogen-bond acceptors (Lipinski definition) is 0. The van der Waals surface area contributed by atoms with Crippen molar-refractivity contribution in [2.75, 3.05) is 0 Å². The molecular weight excluding hydrogens is 372 g/mol. The summed E-state index contributed by atoms with van der Waals surface area (Å²) in [7, 11) is 0. The zero-order chi connectivity index (χ0) is 22.6. The molecule has 0 aromatic heterocycles. The van der Waals surface area contributed by atoms with Crippen LogP contribution in [0.1, 0.15) is 86.3 Å². The summed E-state index contributed by atoms with van der Waals surface area (Å²) in [4.78, 5) is 0. The molecule has 0 nitrogen and oxygen atoms in total. The Morgan fingerprint density at radius 1 is 1.13 bits per heavy atom. The summed E-state index contributed by atoms with van der Waals surface area (Å²) in [6.07, 6.45) is 12.2. The first-order chi connectivity index (χ1) is 14.7. The lowest BCUT2D eigenvalue weighted by atomic mass is 9.85. The van der Waals surface area contributed by atoms with Gasteiger partial charge in [-0.25, -0.2) is 0 Å². The van der Waals surface area contributed by atoms with E-state index in [2.05, 4.69) is 103 Å². The monoisotopic (exact) mass is 412 g/mol. The molecular formula is C31H40. The molecule has 1 atom stereocenters. The lowest BCUT2D eigenvalue weighted by Gasteiger charge is -2.19. The smallest absolute Gasteiger partial charge is 0.00672 e. The fourth-order valence-corrected chi connectivity index (χ4v) is 5.18. The van der Waals surface area contributed by atoms with E-state index in [0.29, 0.717) is 11.3 Å². The van der Waals surface area contributed by atoms with E-state index >= 15 is 0 Å². The second-order valence-electron chi connectivity index (χ2n) is 10.2. The topological polar surface area (TPSA) is 0 Å². The first kappa shape index (κ1) is 23.3.